The van der Waals surface area contributed by atoms with Crippen LogP contribution >= 0.6 is 0 Å². The highest BCUT2D eigenvalue weighted by Crippen LogP contribution is 2.33. The Morgan fingerprint density at radius 1 is 1.03 bits per heavy atom. The van der Waals surface area contributed by atoms with Gasteiger partial charge in [0.25, 0.3) is 5.56 Å². The van der Waals surface area contributed by atoms with Crippen molar-refractivity contribution in [3.05, 3.63) is 86.2 Å². The van der Waals surface area contributed by atoms with Gasteiger partial charge in [-0.1, -0.05) is 24.3 Å². The van der Waals surface area contributed by atoms with E-state index >= 15 is 0 Å². The van der Waals surface area contributed by atoms with Crippen LogP contribution in [-0.4, -0.2) is 25.0 Å². The van der Waals surface area contributed by atoms with Gasteiger partial charge in [0.1, 0.15) is 11.4 Å². The van der Waals surface area contributed by atoms with Crippen LogP contribution in [0.5, 0.6) is 5.75 Å². The molecule has 2 aromatic heterocycles. The zero-order valence-electron chi connectivity index (χ0n) is 16.1. The van der Waals surface area contributed by atoms with Crippen LogP contribution in [0.15, 0.2) is 58.1 Å². The summed E-state index contributed by atoms with van der Waals surface area (Å²) in [6.07, 6.45) is 0. The third-order valence-corrected chi connectivity index (χ3v) is 5.09. The first-order chi connectivity index (χ1) is 14.3. The van der Waals surface area contributed by atoms with E-state index in [0.717, 1.165) is 4.57 Å². The molecule has 0 saturated carbocycles. The molecule has 2 heterocycles. The number of hydrogen-bond donors (Lipinski definition) is 2. The van der Waals surface area contributed by atoms with Gasteiger partial charge in [-0.15, -0.1) is 0 Å². The zero-order valence-corrected chi connectivity index (χ0v) is 16.1. The summed E-state index contributed by atoms with van der Waals surface area (Å²) >= 11 is 0. The van der Waals surface area contributed by atoms with Gasteiger partial charge in [0.2, 0.25) is 5.78 Å². The molecule has 0 aliphatic heterocycles. The molecule has 0 unspecified atom stereocenters. The van der Waals surface area contributed by atoms with Gasteiger partial charge in [0, 0.05) is 19.7 Å². The Balaban J connectivity index is 2.13. The Kier molecular flexibility index (Phi) is 4.36. The van der Waals surface area contributed by atoms with Crippen LogP contribution in [0.25, 0.3) is 22.2 Å². The van der Waals surface area contributed by atoms with E-state index in [0.29, 0.717) is 16.7 Å². The van der Waals surface area contributed by atoms with Crippen molar-refractivity contribution in [1.29, 1.82) is 5.26 Å². The van der Waals surface area contributed by atoms with Crippen LogP contribution in [0.3, 0.4) is 0 Å². The minimum atomic E-state index is -0.556. The second-order valence-electron chi connectivity index (χ2n) is 6.84. The number of fused-ring (bicyclic) bond motifs is 1. The maximum atomic E-state index is 13.3. The summed E-state index contributed by atoms with van der Waals surface area (Å²) in [5, 5.41) is 19.4. The number of rotatable bonds is 3. The second-order valence-corrected chi connectivity index (χ2v) is 6.84. The number of ketones is 1. The first-order valence-electron chi connectivity index (χ1n) is 9.00. The van der Waals surface area contributed by atoms with Crippen LogP contribution in [0.2, 0.25) is 0 Å². The van der Waals surface area contributed by atoms with Crippen molar-refractivity contribution in [3.63, 3.8) is 0 Å². The minimum Gasteiger partial charge on any atom is -0.507 e. The Morgan fingerprint density at radius 3 is 2.33 bits per heavy atom. The standard InChI is InChI=1S/C22H16N4O4/c1-25-20-17(21(29)26(2)22(25)30)16(13-9-7-12(11-23)8-10-13)18(24-20)19(28)14-5-3-4-6-15(14)27/h3-10,24,27H,1-2H3. The molecule has 0 radical (unpaired) electrons. The number of aromatic nitrogens is 3. The molecule has 0 atom stereocenters. The molecule has 0 fully saturated rings. The number of nitrogens with one attached hydrogen (secondary N) is 1. The SMILES string of the molecule is Cn1c(=O)c2c(-c3ccc(C#N)cc3)c(C(=O)c3ccccc3O)[nH]c2n(C)c1=O. The highest BCUT2D eigenvalue weighted by atomic mass is 16.3. The third kappa shape index (κ3) is 2.72. The van der Waals surface area contributed by atoms with E-state index in [9.17, 15) is 19.5 Å². The molecule has 2 aromatic carbocycles. The fraction of sp³-hybridized carbons (Fsp3) is 0.0909. The number of nitrogens with zero attached hydrogens (tertiary/aromatic N) is 3. The topological polar surface area (TPSA) is 121 Å². The number of carbonyl (C=O) groups is 1. The van der Waals surface area contributed by atoms with Gasteiger partial charge in [0.15, 0.2) is 0 Å². The highest BCUT2D eigenvalue weighted by Gasteiger charge is 2.26. The van der Waals surface area contributed by atoms with E-state index in [4.69, 9.17) is 5.26 Å². The smallest absolute Gasteiger partial charge is 0.332 e. The van der Waals surface area contributed by atoms with Gasteiger partial charge in [-0.25, -0.2) is 4.79 Å². The van der Waals surface area contributed by atoms with E-state index in [1.54, 1.807) is 36.4 Å². The lowest BCUT2D eigenvalue weighted by Crippen LogP contribution is -2.36. The van der Waals surface area contributed by atoms with E-state index in [1.807, 2.05) is 6.07 Å². The number of para-hydroxylation sites is 1. The predicted octanol–water partition coefficient (Wildman–Crippen LogP) is 2.04. The fourth-order valence-corrected chi connectivity index (χ4v) is 3.49. The van der Waals surface area contributed by atoms with Crippen LogP contribution < -0.4 is 11.2 Å². The van der Waals surface area contributed by atoms with Crippen LogP contribution in [-0.2, 0) is 14.1 Å². The number of H-pyrrole nitrogens is 1. The summed E-state index contributed by atoms with van der Waals surface area (Å²) in [5.41, 5.74) is 0.472. The van der Waals surface area contributed by atoms with E-state index in [2.05, 4.69) is 4.98 Å². The van der Waals surface area contributed by atoms with E-state index in [-0.39, 0.29) is 28.0 Å². The van der Waals surface area contributed by atoms with Crippen molar-refractivity contribution in [2.45, 2.75) is 0 Å². The summed E-state index contributed by atoms with van der Waals surface area (Å²) in [5.74, 6) is -0.730. The normalized spacial score (nSPS) is 10.8. The molecule has 0 bridgehead atoms. The summed E-state index contributed by atoms with van der Waals surface area (Å²) in [6.45, 7) is 0. The summed E-state index contributed by atoms with van der Waals surface area (Å²) < 4.78 is 2.23. The van der Waals surface area contributed by atoms with Gasteiger partial charge in [-0.05, 0) is 29.8 Å². The van der Waals surface area contributed by atoms with Gasteiger partial charge >= 0.3 is 5.69 Å². The molecular weight excluding hydrogens is 384 g/mol. The number of benzene rings is 2. The largest absolute Gasteiger partial charge is 0.507 e. The molecule has 0 aliphatic rings. The van der Waals surface area contributed by atoms with Gasteiger partial charge in [-0.3, -0.25) is 18.7 Å². The zero-order chi connectivity index (χ0) is 21.6. The average molecular weight is 400 g/mol. The highest BCUT2D eigenvalue weighted by molar-refractivity contribution is 6.17. The first kappa shape index (κ1) is 19.0. The minimum absolute atomic E-state index is 0.0563. The van der Waals surface area contributed by atoms with Gasteiger partial charge in [0.05, 0.1) is 28.3 Å². The molecule has 0 saturated heterocycles. The predicted molar refractivity (Wildman–Crippen MR) is 110 cm³/mol. The maximum absolute atomic E-state index is 13.3. The Labute approximate surface area is 169 Å². The van der Waals surface area contributed by atoms with Crippen molar-refractivity contribution in [2.24, 2.45) is 14.1 Å². The molecule has 30 heavy (non-hydrogen) atoms. The second kappa shape index (κ2) is 6.90. The number of aryl methyl sites for hydroxylation is 1. The molecule has 0 amide bonds. The number of carbonyl (C=O) groups excluding carboxylic acids is 1. The van der Waals surface area contributed by atoms with Crippen molar-refractivity contribution in [3.8, 4) is 22.9 Å². The first-order valence-corrected chi connectivity index (χ1v) is 9.00. The number of aromatic hydroxyl groups is 1. The number of phenols is 1. The summed E-state index contributed by atoms with van der Waals surface area (Å²) in [7, 11) is 2.86. The number of phenolic OH excluding ortho intramolecular Hbond substituents is 1. The van der Waals surface area contributed by atoms with Crippen LogP contribution in [0.1, 0.15) is 21.6 Å². The van der Waals surface area contributed by atoms with Crippen LogP contribution in [0, 0.1) is 11.3 Å². The molecule has 4 aromatic rings. The summed E-state index contributed by atoms with van der Waals surface area (Å²) in [6, 6.07) is 14.5. The molecule has 0 spiro atoms. The third-order valence-electron chi connectivity index (χ3n) is 5.09. The molecule has 2 N–H and O–H groups in total. The summed E-state index contributed by atoms with van der Waals surface area (Å²) in [4.78, 5) is 41.6. The number of aromatic amines is 1. The molecule has 8 nitrogen and oxygen atoms in total. The van der Waals surface area contributed by atoms with Crippen molar-refractivity contribution in [2.75, 3.05) is 0 Å². The maximum Gasteiger partial charge on any atom is 0.332 e. The fourth-order valence-electron chi connectivity index (χ4n) is 3.49. The number of hydrogen-bond acceptors (Lipinski definition) is 5. The Morgan fingerprint density at radius 2 is 1.70 bits per heavy atom. The van der Waals surface area contributed by atoms with Gasteiger partial charge in [-0.2, -0.15) is 5.26 Å². The van der Waals surface area contributed by atoms with Gasteiger partial charge < -0.3 is 10.1 Å². The molecular formula is C22H16N4O4. The van der Waals surface area contributed by atoms with Crippen molar-refractivity contribution in [1.82, 2.24) is 14.1 Å². The molecule has 148 valence electrons. The Bertz CT molecular complexity index is 1480. The molecule has 8 heteroatoms. The van der Waals surface area contributed by atoms with Crippen molar-refractivity contribution < 1.29 is 9.90 Å². The van der Waals surface area contributed by atoms with Crippen LogP contribution in [0.4, 0.5) is 0 Å². The molecule has 4 rings (SSSR count). The monoisotopic (exact) mass is 400 g/mol. The van der Waals surface area contributed by atoms with E-state index < -0.39 is 17.0 Å². The molecule has 0 aliphatic carbocycles. The lowest BCUT2D eigenvalue weighted by Gasteiger charge is -2.07. The lowest BCUT2D eigenvalue weighted by molar-refractivity contribution is 0.103. The average Bonchev–Trinajstić information content (AvgIpc) is 3.17. The Hall–Kier alpha value is -4.38. The number of nitriles is 1. The quantitative estimate of drug-likeness (QED) is 0.510. The van der Waals surface area contributed by atoms with Crippen molar-refractivity contribution >= 4 is 16.8 Å². The lowest BCUT2D eigenvalue weighted by atomic mass is 9.97. The van der Waals surface area contributed by atoms with E-state index in [1.165, 1.54) is 30.8 Å².